The second-order valence-electron chi connectivity index (χ2n) is 19.0. The van der Waals surface area contributed by atoms with Gasteiger partial charge in [0.25, 0.3) is 10.0 Å². The second kappa shape index (κ2) is 14.2. The summed E-state index contributed by atoms with van der Waals surface area (Å²) in [5, 5.41) is 24.2. The van der Waals surface area contributed by atoms with E-state index in [9.17, 15) is 36.0 Å². The van der Waals surface area contributed by atoms with Gasteiger partial charge in [-0.15, -0.1) is 3.77 Å². The summed E-state index contributed by atoms with van der Waals surface area (Å²) in [6.45, 7) is 8.17. The molecule has 60 heavy (non-hydrogen) atoms. The van der Waals surface area contributed by atoms with Crippen LogP contribution in [-0.4, -0.2) is 71.4 Å². The Labute approximate surface area is 348 Å². The van der Waals surface area contributed by atoms with E-state index in [0.717, 1.165) is 16.7 Å². The van der Waals surface area contributed by atoms with Gasteiger partial charge in [-0.2, -0.15) is 30.4 Å². The number of alkyl halides is 5. The molecule has 4 fully saturated rings. The fourth-order valence-corrected chi connectivity index (χ4v) is 14.4. The Morgan fingerprint density at radius 1 is 0.767 bits per heavy atom. The van der Waals surface area contributed by atoms with Gasteiger partial charge in [-0.1, -0.05) is 80.4 Å². The lowest BCUT2D eigenvalue weighted by atomic mass is 9.49. The Bertz CT molecular complexity index is 2430. The number of hydrogen-bond acceptors (Lipinski definition) is 7. The Morgan fingerprint density at radius 2 is 1.33 bits per heavy atom. The van der Waals surface area contributed by atoms with Crippen LogP contribution in [0.3, 0.4) is 0 Å². The maximum Gasteiger partial charge on any atom is 0.456 e. The Balaban J connectivity index is 1.15. The fourth-order valence-electron chi connectivity index (χ4n) is 11.1. The summed E-state index contributed by atoms with van der Waals surface area (Å²) in [4.78, 5) is 0.132. The van der Waals surface area contributed by atoms with E-state index in [4.69, 9.17) is 9.47 Å². The van der Waals surface area contributed by atoms with Crippen LogP contribution in [0.15, 0.2) is 97.5 Å². The number of aryl methyl sites for hydroxylation is 1. The van der Waals surface area contributed by atoms with Gasteiger partial charge in [-0.25, -0.2) is 4.21 Å². The monoisotopic (exact) mass is 877 g/mol. The van der Waals surface area contributed by atoms with Crippen LogP contribution in [0.1, 0.15) is 89.2 Å². The SMILES string of the molecule is Cc1ccc(S(=O)(=O)N=S(C)(=O)c2ccc(-c3ccc([C@H]4C[C@@]5(C)[C@@H](CC[C@@]5(O)C(F)(F)C(F)(F)F)[C@@H]5CC[C@@]6(O)CC7(CCC6=C54)OCC(C)(C)CO7)cc3)cc2)cc1. The van der Waals surface area contributed by atoms with Crippen LogP contribution in [0.2, 0.25) is 0 Å². The predicted octanol–water partition coefficient (Wildman–Crippen LogP) is 9.73. The zero-order valence-electron chi connectivity index (χ0n) is 34.3. The highest BCUT2D eigenvalue weighted by atomic mass is 32.3. The minimum atomic E-state index is -5.96. The molecular formula is C45H52F5NO7S2. The first-order valence-corrected chi connectivity index (χ1v) is 23.8. The maximum atomic E-state index is 15.6. The van der Waals surface area contributed by atoms with Crippen LogP contribution in [0, 0.1) is 29.6 Å². The van der Waals surface area contributed by atoms with E-state index in [1.165, 1.54) is 25.3 Å². The van der Waals surface area contributed by atoms with Gasteiger partial charge in [0.15, 0.2) is 5.79 Å². The van der Waals surface area contributed by atoms with E-state index in [1.807, 2.05) is 20.8 Å². The highest BCUT2D eigenvalue weighted by Gasteiger charge is 2.79. The molecule has 15 heteroatoms. The van der Waals surface area contributed by atoms with Gasteiger partial charge in [-0.3, -0.25) is 0 Å². The molecule has 0 aromatic heterocycles. The molecule has 1 aliphatic heterocycles. The molecule has 1 saturated heterocycles. The van der Waals surface area contributed by atoms with Gasteiger partial charge >= 0.3 is 12.1 Å². The lowest BCUT2D eigenvalue weighted by molar-refractivity contribution is -0.362. The van der Waals surface area contributed by atoms with Crippen molar-refractivity contribution in [3.05, 3.63) is 95.1 Å². The molecule has 3 saturated carbocycles. The molecule has 0 amide bonds. The number of nitrogens with zero attached hydrogens (tertiary/aromatic N) is 1. The number of ether oxygens (including phenoxy) is 2. The molecule has 5 aliphatic rings. The standard InChI is InChI=1S/C45H52F5NO7S2/c1-28-6-14-33(15-7-28)60(55,56)51-59(5,54)32-16-12-30(13-17-32)29-8-10-31(11-9-29)35-24-40(4)36(20-23-43(40,53)44(46,47)45(48,49)50)34-18-21-41(52)25-42(22-19-37(41)38(34)35)57-26-39(2,3)27-58-42/h6-17,34-36,52-53H,18-27H2,1-5H3/t34-,35+,36-,40-,41+,43-,59?/m0/s1. The number of sulfonamides is 1. The van der Waals surface area contributed by atoms with Crippen LogP contribution < -0.4 is 0 Å². The molecule has 3 aromatic rings. The largest absolute Gasteiger partial charge is 0.456 e. The zero-order chi connectivity index (χ0) is 43.5. The van der Waals surface area contributed by atoms with Crippen LogP contribution in [0.5, 0.6) is 0 Å². The molecule has 7 atom stereocenters. The topological polar surface area (TPSA) is 122 Å². The maximum absolute atomic E-state index is 15.6. The van der Waals surface area contributed by atoms with Gasteiger partial charge in [0, 0.05) is 40.7 Å². The van der Waals surface area contributed by atoms with Crippen molar-refractivity contribution in [2.45, 2.75) is 124 Å². The van der Waals surface area contributed by atoms with Gasteiger partial charge in [0.1, 0.15) is 5.60 Å². The Morgan fingerprint density at radius 3 is 1.92 bits per heavy atom. The van der Waals surface area contributed by atoms with Crippen LogP contribution >= 0.6 is 0 Å². The highest BCUT2D eigenvalue weighted by Crippen LogP contribution is 2.71. The molecule has 2 N–H and O–H groups in total. The summed E-state index contributed by atoms with van der Waals surface area (Å²) < 4.78 is 130. The van der Waals surface area contributed by atoms with E-state index < -0.39 is 78.4 Å². The quantitative estimate of drug-likeness (QED) is 0.187. The van der Waals surface area contributed by atoms with Gasteiger partial charge in [0.2, 0.25) is 0 Å². The van der Waals surface area contributed by atoms with Crippen molar-refractivity contribution in [2.75, 3.05) is 19.5 Å². The molecule has 1 heterocycles. The Kier molecular flexibility index (Phi) is 10.2. The number of aliphatic hydroxyl groups is 2. The van der Waals surface area contributed by atoms with Gasteiger partial charge in [0.05, 0.1) is 33.4 Å². The highest BCUT2D eigenvalue weighted by molar-refractivity contribution is 8.03. The van der Waals surface area contributed by atoms with Crippen LogP contribution in [0.4, 0.5) is 22.0 Å². The molecule has 1 spiro atoms. The first kappa shape index (κ1) is 43.4. The molecule has 0 bridgehead atoms. The van der Waals surface area contributed by atoms with Crippen LogP contribution in [-0.2, 0) is 29.2 Å². The third-order valence-corrected chi connectivity index (χ3v) is 18.3. The zero-order valence-corrected chi connectivity index (χ0v) is 36.0. The van der Waals surface area contributed by atoms with E-state index in [1.54, 1.807) is 60.7 Å². The minimum absolute atomic E-state index is 0.0132. The van der Waals surface area contributed by atoms with E-state index in [-0.39, 0.29) is 40.9 Å². The van der Waals surface area contributed by atoms with Crippen molar-refractivity contribution in [2.24, 2.45) is 26.4 Å². The molecular weight excluding hydrogens is 826 g/mol. The molecule has 8 nitrogen and oxygen atoms in total. The summed E-state index contributed by atoms with van der Waals surface area (Å²) in [5.74, 6) is -8.16. The smallest absolute Gasteiger partial charge is 0.385 e. The van der Waals surface area contributed by atoms with Crippen molar-refractivity contribution in [3.63, 3.8) is 0 Å². The molecule has 4 aliphatic carbocycles. The van der Waals surface area contributed by atoms with Gasteiger partial charge in [-0.05, 0) is 104 Å². The molecule has 326 valence electrons. The van der Waals surface area contributed by atoms with E-state index in [2.05, 4.69) is 3.77 Å². The van der Waals surface area contributed by atoms with Crippen molar-refractivity contribution in [1.82, 2.24) is 0 Å². The lowest BCUT2D eigenvalue weighted by Crippen LogP contribution is -2.65. The third kappa shape index (κ3) is 6.97. The van der Waals surface area contributed by atoms with Crippen molar-refractivity contribution < 1.29 is 54.3 Å². The van der Waals surface area contributed by atoms with Crippen molar-refractivity contribution in [1.29, 1.82) is 0 Å². The normalized spacial score (nSPS) is 32.4. The average molecular weight is 878 g/mol. The fraction of sp³-hybridized carbons (Fsp3) is 0.556. The number of hydrogen-bond donors (Lipinski definition) is 2. The van der Waals surface area contributed by atoms with Crippen LogP contribution in [0.25, 0.3) is 11.1 Å². The summed E-state index contributed by atoms with van der Waals surface area (Å²) in [5.41, 5.74) is -2.17. The first-order valence-electron chi connectivity index (χ1n) is 20.4. The predicted molar refractivity (Wildman–Crippen MR) is 216 cm³/mol. The molecule has 3 aromatic carbocycles. The summed E-state index contributed by atoms with van der Waals surface area (Å²) in [6.07, 6.45) is -3.99. The molecule has 8 rings (SSSR count). The summed E-state index contributed by atoms with van der Waals surface area (Å²) in [7, 11) is -7.60. The number of fused-ring (bicyclic) bond motifs is 4. The van der Waals surface area contributed by atoms with Crippen molar-refractivity contribution >= 4 is 19.8 Å². The average Bonchev–Trinajstić information content (AvgIpc) is 3.46. The number of halogens is 5. The van der Waals surface area contributed by atoms with E-state index in [0.29, 0.717) is 49.2 Å². The van der Waals surface area contributed by atoms with Gasteiger partial charge < -0.3 is 19.7 Å². The number of rotatable bonds is 6. The summed E-state index contributed by atoms with van der Waals surface area (Å²) in [6, 6.07) is 19.7. The van der Waals surface area contributed by atoms with Crippen molar-refractivity contribution in [3.8, 4) is 11.1 Å². The third-order valence-electron chi connectivity index (χ3n) is 14.4. The second-order valence-corrected chi connectivity index (χ2v) is 23.1. The minimum Gasteiger partial charge on any atom is -0.385 e. The molecule has 0 radical (unpaired) electrons. The number of allylic oxidation sites excluding steroid dienone is 1. The lowest BCUT2D eigenvalue weighted by Gasteiger charge is -2.59. The summed E-state index contributed by atoms with van der Waals surface area (Å²) >= 11 is 0. The Hall–Kier alpha value is -3.21. The molecule has 1 unspecified atom stereocenters. The number of benzene rings is 3. The van der Waals surface area contributed by atoms with E-state index >= 15 is 8.78 Å². The first-order chi connectivity index (χ1) is 27.8.